The van der Waals surface area contributed by atoms with Crippen molar-refractivity contribution in [3.05, 3.63) is 0 Å². The van der Waals surface area contributed by atoms with Gasteiger partial charge in [-0.25, -0.2) is 0 Å². The smallest absolute Gasteiger partial charge is 0.0905 e. The Balaban J connectivity index is 3.87. The van der Waals surface area contributed by atoms with Crippen LogP contribution in [0.1, 0.15) is 26.2 Å². The first kappa shape index (κ1) is 16.4. The van der Waals surface area contributed by atoms with Crippen LogP contribution in [0, 0.1) is 5.41 Å². The van der Waals surface area contributed by atoms with Crippen molar-refractivity contribution in [2.75, 3.05) is 40.5 Å². The molecule has 0 heterocycles. The molecule has 0 amide bonds. The predicted molar refractivity (Wildman–Crippen MR) is 70.6 cm³/mol. The summed E-state index contributed by atoms with van der Waals surface area (Å²) in [6, 6.07) is 0.396. The molecule has 5 nitrogen and oxygen atoms in total. The lowest BCUT2D eigenvalue weighted by Gasteiger charge is -2.28. The maximum absolute atomic E-state index is 7.17. The van der Waals surface area contributed by atoms with Gasteiger partial charge in [-0.15, -0.1) is 0 Å². The first-order valence-corrected chi connectivity index (χ1v) is 6.16. The number of methoxy groups -OCH3 is 2. The highest BCUT2D eigenvalue weighted by Crippen LogP contribution is 2.04. The van der Waals surface area contributed by atoms with Gasteiger partial charge in [0.1, 0.15) is 0 Å². The summed E-state index contributed by atoms with van der Waals surface area (Å²) in [6.07, 6.45) is 2.71. The van der Waals surface area contributed by atoms with E-state index in [1.165, 1.54) is 0 Å². The molecule has 0 saturated heterocycles. The fourth-order valence-electron chi connectivity index (χ4n) is 1.74. The number of amidine groups is 1. The molecule has 0 aromatic heterocycles. The summed E-state index contributed by atoms with van der Waals surface area (Å²) in [4.78, 5) is 2.35. The van der Waals surface area contributed by atoms with Gasteiger partial charge in [-0.05, 0) is 26.3 Å². The number of ether oxygens (including phenoxy) is 2. The molecule has 0 bridgehead atoms. The monoisotopic (exact) mass is 245 g/mol. The standard InChI is InChI=1S/C12H27N3O2/c1-11(10-17-3)15(8-9-16-2)7-5-4-6-12(13)14/h11H,4-10H2,1-3H3,(H3,13,14). The normalized spacial score (nSPS) is 12.9. The van der Waals surface area contributed by atoms with Gasteiger partial charge in [0, 0.05) is 33.2 Å². The molecule has 0 saturated carbocycles. The number of hydrogen-bond donors (Lipinski definition) is 2. The molecule has 0 aliphatic heterocycles. The van der Waals surface area contributed by atoms with Crippen LogP contribution < -0.4 is 5.73 Å². The van der Waals surface area contributed by atoms with Crippen molar-refractivity contribution in [1.29, 1.82) is 5.41 Å². The lowest BCUT2D eigenvalue weighted by Crippen LogP contribution is -2.39. The second kappa shape index (κ2) is 10.5. The molecular weight excluding hydrogens is 218 g/mol. The van der Waals surface area contributed by atoms with Crippen LogP contribution >= 0.6 is 0 Å². The Morgan fingerprint density at radius 1 is 1.24 bits per heavy atom. The molecular formula is C12H27N3O2. The molecule has 0 aliphatic rings. The van der Waals surface area contributed by atoms with Crippen molar-refractivity contribution in [2.45, 2.75) is 32.2 Å². The fraction of sp³-hybridized carbons (Fsp3) is 0.917. The van der Waals surface area contributed by atoms with E-state index in [1.54, 1.807) is 14.2 Å². The highest BCUT2D eigenvalue weighted by Gasteiger charge is 2.12. The maximum Gasteiger partial charge on any atom is 0.0905 e. The molecule has 1 unspecified atom stereocenters. The van der Waals surface area contributed by atoms with Gasteiger partial charge in [-0.2, -0.15) is 0 Å². The van der Waals surface area contributed by atoms with Crippen LogP contribution in [-0.4, -0.2) is 57.3 Å². The molecule has 1 atom stereocenters. The Morgan fingerprint density at radius 2 is 1.94 bits per heavy atom. The number of nitrogens with zero attached hydrogens (tertiary/aromatic N) is 1. The van der Waals surface area contributed by atoms with Crippen molar-refractivity contribution < 1.29 is 9.47 Å². The number of nitrogens with two attached hydrogens (primary N) is 1. The topological polar surface area (TPSA) is 71.6 Å². The van der Waals surface area contributed by atoms with Crippen molar-refractivity contribution >= 4 is 5.84 Å². The molecule has 0 radical (unpaired) electrons. The Labute approximate surface area is 105 Å². The van der Waals surface area contributed by atoms with E-state index >= 15 is 0 Å². The third kappa shape index (κ3) is 9.09. The highest BCUT2D eigenvalue weighted by molar-refractivity contribution is 5.76. The Kier molecular flexibility index (Phi) is 10.1. The van der Waals surface area contributed by atoms with Gasteiger partial charge in [0.15, 0.2) is 0 Å². The summed E-state index contributed by atoms with van der Waals surface area (Å²) in [5.74, 6) is 0.276. The van der Waals surface area contributed by atoms with Crippen LogP contribution in [0.15, 0.2) is 0 Å². The largest absolute Gasteiger partial charge is 0.388 e. The summed E-state index contributed by atoms with van der Waals surface area (Å²) in [5.41, 5.74) is 5.33. The second-order valence-electron chi connectivity index (χ2n) is 4.32. The molecule has 0 aromatic carbocycles. The third-order valence-electron chi connectivity index (χ3n) is 2.76. The van der Waals surface area contributed by atoms with Crippen molar-refractivity contribution in [2.24, 2.45) is 5.73 Å². The molecule has 0 spiro atoms. The maximum atomic E-state index is 7.17. The summed E-state index contributed by atoms with van der Waals surface area (Å²) in [7, 11) is 3.44. The quantitative estimate of drug-likeness (QED) is 0.324. The number of unbranched alkanes of at least 4 members (excludes halogenated alkanes) is 1. The summed E-state index contributed by atoms with van der Waals surface area (Å²) in [6.45, 7) is 5.55. The number of nitrogens with one attached hydrogen (secondary N) is 1. The van der Waals surface area contributed by atoms with Crippen LogP contribution in [0.2, 0.25) is 0 Å². The van der Waals surface area contributed by atoms with Gasteiger partial charge < -0.3 is 15.2 Å². The molecule has 102 valence electrons. The number of hydrogen-bond acceptors (Lipinski definition) is 4. The van der Waals surface area contributed by atoms with Crippen LogP contribution in [-0.2, 0) is 9.47 Å². The van der Waals surface area contributed by atoms with Crippen LogP contribution in [0.5, 0.6) is 0 Å². The minimum Gasteiger partial charge on any atom is -0.388 e. The lowest BCUT2D eigenvalue weighted by atomic mass is 10.2. The minimum absolute atomic E-state index is 0.276. The Hall–Kier alpha value is -0.650. The molecule has 17 heavy (non-hydrogen) atoms. The van der Waals surface area contributed by atoms with Crippen molar-refractivity contribution in [3.8, 4) is 0 Å². The zero-order chi connectivity index (χ0) is 13.1. The van der Waals surface area contributed by atoms with Gasteiger partial charge in [0.25, 0.3) is 0 Å². The highest BCUT2D eigenvalue weighted by atomic mass is 16.5. The van der Waals surface area contributed by atoms with Crippen molar-refractivity contribution in [3.63, 3.8) is 0 Å². The van der Waals surface area contributed by atoms with Crippen LogP contribution in [0.25, 0.3) is 0 Å². The number of rotatable bonds is 11. The van der Waals surface area contributed by atoms with Gasteiger partial charge in [0.2, 0.25) is 0 Å². The van der Waals surface area contributed by atoms with Gasteiger partial charge in [0.05, 0.1) is 19.0 Å². The van der Waals surface area contributed by atoms with E-state index in [-0.39, 0.29) is 5.84 Å². The minimum atomic E-state index is 0.276. The Bertz CT molecular complexity index is 200. The zero-order valence-electron chi connectivity index (χ0n) is 11.4. The summed E-state index contributed by atoms with van der Waals surface area (Å²) in [5, 5.41) is 7.17. The van der Waals surface area contributed by atoms with E-state index in [0.717, 1.165) is 39.1 Å². The molecule has 0 aliphatic carbocycles. The van der Waals surface area contributed by atoms with Crippen molar-refractivity contribution in [1.82, 2.24) is 4.90 Å². The Morgan fingerprint density at radius 3 is 2.47 bits per heavy atom. The first-order valence-electron chi connectivity index (χ1n) is 6.16. The third-order valence-corrected chi connectivity index (χ3v) is 2.76. The van der Waals surface area contributed by atoms with Gasteiger partial charge in [-0.3, -0.25) is 10.3 Å². The van der Waals surface area contributed by atoms with E-state index in [4.69, 9.17) is 20.6 Å². The first-order chi connectivity index (χ1) is 8.11. The summed E-state index contributed by atoms with van der Waals surface area (Å²) < 4.78 is 10.3. The molecule has 5 heteroatoms. The van der Waals surface area contributed by atoms with E-state index < -0.39 is 0 Å². The van der Waals surface area contributed by atoms with Gasteiger partial charge in [-0.1, -0.05) is 0 Å². The average Bonchev–Trinajstić information content (AvgIpc) is 2.28. The SMILES string of the molecule is COCCN(CCCCC(=N)N)C(C)COC. The van der Waals surface area contributed by atoms with E-state index in [2.05, 4.69) is 11.8 Å². The van der Waals surface area contributed by atoms with E-state index in [1.807, 2.05) is 0 Å². The van der Waals surface area contributed by atoms with Crippen LogP contribution in [0.3, 0.4) is 0 Å². The van der Waals surface area contributed by atoms with Gasteiger partial charge >= 0.3 is 0 Å². The lowest BCUT2D eigenvalue weighted by molar-refractivity contribution is 0.0741. The molecule has 0 aromatic rings. The summed E-state index contributed by atoms with van der Waals surface area (Å²) >= 11 is 0. The average molecular weight is 245 g/mol. The predicted octanol–water partition coefficient (Wildman–Crippen LogP) is 1.08. The molecule has 0 fully saturated rings. The van der Waals surface area contributed by atoms with Crippen LogP contribution in [0.4, 0.5) is 0 Å². The second-order valence-corrected chi connectivity index (χ2v) is 4.32. The van der Waals surface area contributed by atoms with E-state index in [9.17, 15) is 0 Å². The fourth-order valence-corrected chi connectivity index (χ4v) is 1.74. The van der Waals surface area contributed by atoms with E-state index in [0.29, 0.717) is 12.5 Å². The molecule has 0 rings (SSSR count). The zero-order valence-corrected chi connectivity index (χ0v) is 11.4. The molecule has 3 N–H and O–H groups in total.